The number of hydrogen-bond donors (Lipinski definition) is 1. The molecule has 0 amide bonds. The fraction of sp³-hybridized carbons (Fsp3) is 0.312. The van der Waals surface area contributed by atoms with E-state index in [1.165, 1.54) is 6.08 Å². The van der Waals surface area contributed by atoms with E-state index in [9.17, 15) is 4.79 Å². The smallest absolute Gasteiger partial charge is 0.330 e. The number of carbonyl (C=O) groups excluding carboxylic acids is 1. The van der Waals surface area contributed by atoms with E-state index in [2.05, 4.69) is 13.5 Å². The van der Waals surface area contributed by atoms with E-state index in [1.807, 2.05) is 19.1 Å². The van der Waals surface area contributed by atoms with E-state index in [1.54, 1.807) is 13.0 Å². The van der Waals surface area contributed by atoms with E-state index in [0.29, 0.717) is 12.3 Å². The molecule has 1 aromatic rings. The molecule has 0 heterocycles. The second kappa shape index (κ2) is 6.78. The number of rotatable bonds is 5. The molecule has 1 rings (SSSR count). The Balaban J connectivity index is 3.13. The lowest BCUT2D eigenvalue weighted by Gasteiger charge is -2.11. The van der Waals surface area contributed by atoms with Crippen LogP contribution in [0.2, 0.25) is 0 Å². The van der Waals surface area contributed by atoms with Gasteiger partial charge in [-0.15, -0.1) is 0 Å². The number of ether oxygens (including phenoxy) is 1. The molecule has 2 N–H and O–H groups in total. The second-order valence-corrected chi connectivity index (χ2v) is 4.33. The summed E-state index contributed by atoms with van der Waals surface area (Å²) in [4.78, 5) is 11.4. The van der Waals surface area contributed by atoms with Gasteiger partial charge in [0.1, 0.15) is 0 Å². The van der Waals surface area contributed by atoms with Crippen LogP contribution in [0.25, 0.3) is 11.8 Å². The van der Waals surface area contributed by atoms with Crippen molar-refractivity contribution >= 4 is 17.7 Å². The van der Waals surface area contributed by atoms with Gasteiger partial charge in [0.2, 0.25) is 0 Å². The van der Waals surface area contributed by atoms with Crippen LogP contribution in [0.4, 0.5) is 0 Å². The van der Waals surface area contributed by atoms with Gasteiger partial charge < -0.3 is 10.5 Å². The summed E-state index contributed by atoms with van der Waals surface area (Å²) in [7, 11) is 0. The van der Waals surface area contributed by atoms with Crippen molar-refractivity contribution in [2.75, 3.05) is 6.61 Å². The van der Waals surface area contributed by atoms with Crippen LogP contribution in [0.3, 0.4) is 0 Å². The molecule has 0 bridgehead atoms. The topological polar surface area (TPSA) is 52.3 Å². The van der Waals surface area contributed by atoms with Gasteiger partial charge in [-0.2, -0.15) is 0 Å². The fourth-order valence-corrected chi connectivity index (χ4v) is 1.93. The predicted octanol–water partition coefficient (Wildman–Crippen LogP) is 3.06. The van der Waals surface area contributed by atoms with Gasteiger partial charge in [-0.3, -0.25) is 0 Å². The Morgan fingerprint density at radius 1 is 1.42 bits per heavy atom. The van der Waals surface area contributed by atoms with Gasteiger partial charge in [0.25, 0.3) is 0 Å². The summed E-state index contributed by atoms with van der Waals surface area (Å²) in [6, 6.07) is 3.99. The van der Waals surface area contributed by atoms with Crippen LogP contribution in [0.5, 0.6) is 0 Å². The van der Waals surface area contributed by atoms with Gasteiger partial charge in [0, 0.05) is 11.8 Å². The quantitative estimate of drug-likeness (QED) is 0.653. The van der Waals surface area contributed by atoms with Gasteiger partial charge in [-0.05, 0) is 60.7 Å². The first kappa shape index (κ1) is 15.0. The van der Waals surface area contributed by atoms with Crippen molar-refractivity contribution in [3.05, 3.63) is 47.0 Å². The minimum Gasteiger partial charge on any atom is -0.463 e. The number of carbonyl (C=O) groups is 1. The molecule has 0 fully saturated rings. The molecule has 102 valence electrons. The Kier molecular flexibility index (Phi) is 5.37. The number of esters is 1. The number of hydrogen-bond acceptors (Lipinski definition) is 3. The standard InChI is InChI=1S/C16H21NO2/c1-5-13-10-14(12(4)17)9-11(3)15(13)7-8-16(18)19-6-2/h7-10H,4-6,17H2,1-3H3/b8-7+. The van der Waals surface area contributed by atoms with Gasteiger partial charge in [0.05, 0.1) is 6.61 Å². The van der Waals surface area contributed by atoms with E-state index < -0.39 is 0 Å². The molecule has 1 aromatic carbocycles. The Bertz CT molecular complexity index is 516. The first-order valence-electron chi connectivity index (χ1n) is 6.42. The number of nitrogens with two attached hydrogens (primary N) is 1. The van der Waals surface area contributed by atoms with Crippen LogP contribution in [0, 0.1) is 6.92 Å². The lowest BCUT2D eigenvalue weighted by Crippen LogP contribution is -2.01. The third-order valence-corrected chi connectivity index (χ3v) is 2.90. The van der Waals surface area contributed by atoms with E-state index in [4.69, 9.17) is 10.5 Å². The molecule has 0 aliphatic rings. The van der Waals surface area contributed by atoms with Crippen LogP contribution in [-0.2, 0) is 16.0 Å². The van der Waals surface area contributed by atoms with Gasteiger partial charge in [0.15, 0.2) is 0 Å². The molecule has 0 radical (unpaired) electrons. The van der Waals surface area contributed by atoms with Crippen LogP contribution >= 0.6 is 0 Å². The largest absolute Gasteiger partial charge is 0.463 e. The first-order chi connectivity index (χ1) is 8.99. The van der Waals surface area contributed by atoms with Crippen molar-refractivity contribution in [3.8, 4) is 0 Å². The third kappa shape index (κ3) is 3.98. The average Bonchev–Trinajstić information content (AvgIpc) is 2.36. The molecule has 0 saturated carbocycles. The molecule has 0 atom stereocenters. The average molecular weight is 259 g/mol. The molecule has 0 spiro atoms. The van der Waals surface area contributed by atoms with Crippen LogP contribution in [-0.4, -0.2) is 12.6 Å². The highest BCUT2D eigenvalue weighted by Gasteiger charge is 2.06. The third-order valence-electron chi connectivity index (χ3n) is 2.90. The molecular weight excluding hydrogens is 238 g/mol. The summed E-state index contributed by atoms with van der Waals surface area (Å²) < 4.78 is 4.88. The summed E-state index contributed by atoms with van der Waals surface area (Å²) in [6.07, 6.45) is 4.13. The minimum absolute atomic E-state index is 0.323. The Morgan fingerprint density at radius 3 is 2.63 bits per heavy atom. The molecular formula is C16H21NO2. The Morgan fingerprint density at radius 2 is 2.11 bits per heavy atom. The summed E-state index contributed by atoms with van der Waals surface area (Å²) in [5.74, 6) is -0.323. The summed E-state index contributed by atoms with van der Waals surface area (Å²) in [5, 5.41) is 0. The zero-order valence-electron chi connectivity index (χ0n) is 11.8. The highest BCUT2D eigenvalue weighted by atomic mass is 16.5. The summed E-state index contributed by atoms with van der Waals surface area (Å²) in [5.41, 5.74) is 10.5. The zero-order valence-corrected chi connectivity index (χ0v) is 11.8. The number of aryl methyl sites for hydroxylation is 2. The van der Waals surface area contributed by atoms with Crippen molar-refractivity contribution in [1.29, 1.82) is 0 Å². The highest BCUT2D eigenvalue weighted by Crippen LogP contribution is 2.22. The van der Waals surface area contributed by atoms with Crippen molar-refractivity contribution in [2.45, 2.75) is 27.2 Å². The SMILES string of the molecule is C=C(N)c1cc(C)c(/C=C/C(=O)OCC)c(CC)c1. The summed E-state index contributed by atoms with van der Waals surface area (Å²) >= 11 is 0. The Labute approximate surface area is 114 Å². The number of benzene rings is 1. The van der Waals surface area contributed by atoms with Gasteiger partial charge in [-0.1, -0.05) is 13.5 Å². The lowest BCUT2D eigenvalue weighted by molar-refractivity contribution is -0.137. The Hall–Kier alpha value is -2.03. The van der Waals surface area contributed by atoms with Crippen molar-refractivity contribution in [2.24, 2.45) is 5.73 Å². The molecule has 3 nitrogen and oxygen atoms in total. The zero-order chi connectivity index (χ0) is 14.4. The predicted molar refractivity (Wildman–Crippen MR) is 79.4 cm³/mol. The molecule has 0 aliphatic carbocycles. The second-order valence-electron chi connectivity index (χ2n) is 4.33. The fourth-order valence-electron chi connectivity index (χ4n) is 1.93. The highest BCUT2D eigenvalue weighted by molar-refractivity contribution is 5.87. The maximum Gasteiger partial charge on any atom is 0.330 e. The molecule has 3 heteroatoms. The summed E-state index contributed by atoms with van der Waals surface area (Å²) in [6.45, 7) is 9.99. The van der Waals surface area contributed by atoms with Crippen molar-refractivity contribution in [1.82, 2.24) is 0 Å². The maximum atomic E-state index is 11.4. The van der Waals surface area contributed by atoms with E-state index >= 15 is 0 Å². The first-order valence-corrected chi connectivity index (χ1v) is 6.42. The van der Waals surface area contributed by atoms with Crippen molar-refractivity contribution < 1.29 is 9.53 Å². The molecule has 0 aliphatic heterocycles. The molecule has 19 heavy (non-hydrogen) atoms. The van der Waals surface area contributed by atoms with E-state index in [-0.39, 0.29) is 5.97 Å². The van der Waals surface area contributed by atoms with Crippen LogP contribution in [0.15, 0.2) is 24.8 Å². The normalized spacial score (nSPS) is 10.7. The monoisotopic (exact) mass is 259 g/mol. The maximum absolute atomic E-state index is 11.4. The van der Waals surface area contributed by atoms with Crippen molar-refractivity contribution in [3.63, 3.8) is 0 Å². The molecule has 0 saturated heterocycles. The minimum atomic E-state index is -0.323. The van der Waals surface area contributed by atoms with Gasteiger partial charge >= 0.3 is 5.97 Å². The van der Waals surface area contributed by atoms with Gasteiger partial charge in [-0.25, -0.2) is 4.79 Å². The van der Waals surface area contributed by atoms with Crippen LogP contribution < -0.4 is 5.73 Å². The molecule has 0 unspecified atom stereocenters. The van der Waals surface area contributed by atoms with Crippen LogP contribution in [0.1, 0.15) is 36.1 Å². The lowest BCUT2D eigenvalue weighted by atomic mass is 9.95. The molecule has 0 aromatic heterocycles. The van der Waals surface area contributed by atoms with E-state index in [0.717, 1.165) is 28.7 Å².